The Morgan fingerprint density at radius 1 is 1.14 bits per heavy atom. The van der Waals surface area contributed by atoms with Crippen LogP contribution in [0, 0.1) is 17.8 Å². The number of aromatic nitrogens is 1. The highest BCUT2D eigenvalue weighted by Crippen LogP contribution is 2.53. The minimum absolute atomic E-state index is 0.00958. The monoisotopic (exact) mass is 581 g/mol. The number of ether oxygens (including phenoxy) is 1. The van der Waals surface area contributed by atoms with Crippen molar-refractivity contribution in [3.63, 3.8) is 0 Å². The van der Waals surface area contributed by atoms with Gasteiger partial charge in [-0.1, -0.05) is 42.5 Å². The lowest BCUT2D eigenvalue weighted by Gasteiger charge is -2.47. The second-order valence-corrected chi connectivity index (χ2v) is 13.9. The molecule has 0 saturated carbocycles. The highest BCUT2D eigenvalue weighted by atomic mass is 16.7. The second kappa shape index (κ2) is 9.58. The molecular formula is C35H39N3O5. The highest BCUT2D eigenvalue weighted by molar-refractivity contribution is 6.01. The summed E-state index contributed by atoms with van der Waals surface area (Å²) in [5.41, 5.74) is 3.21. The van der Waals surface area contributed by atoms with Gasteiger partial charge in [0.25, 0.3) is 0 Å². The SMILES string of the molecule is CN1C[C@H](C(=O)C[C@]2(C)O[C@]3(O)C(C2=O)[C@@H](Cc2ccccc2)C(=O)N2CCC[C@H]23)C[C@@H]2c3cccc4[nH]cc(c34)C[C@H]21. The van der Waals surface area contributed by atoms with Gasteiger partial charge in [-0.25, -0.2) is 0 Å². The summed E-state index contributed by atoms with van der Waals surface area (Å²) in [5, 5.41) is 13.5. The number of likely N-dealkylation sites (N-methyl/N-ethyl adjacent to an activating group) is 1. The molecular weight excluding hydrogens is 542 g/mol. The molecule has 1 aliphatic carbocycles. The largest absolute Gasteiger partial charge is 0.363 e. The smallest absolute Gasteiger partial charge is 0.227 e. The molecule has 1 amide bonds. The summed E-state index contributed by atoms with van der Waals surface area (Å²) in [5.74, 6) is -3.98. The van der Waals surface area contributed by atoms with Crippen molar-refractivity contribution in [3.05, 3.63) is 71.4 Å². The van der Waals surface area contributed by atoms with E-state index in [-0.39, 0.29) is 35.7 Å². The number of Topliss-reactive ketones (excluding diaryl/α,β-unsaturated/α-hetero) is 2. The lowest BCUT2D eigenvalue weighted by molar-refractivity contribution is -0.277. The van der Waals surface area contributed by atoms with Gasteiger partial charge in [-0.2, -0.15) is 0 Å². The van der Waals surface area contributed by atoms with Crippen molar-refractivity contribution >= 4 is 28.4 Å². The van der Waals surface area contributed by atoms with Gasteiger partial charge in [0.1, 0.15) is 11.4 Å². The molecule has 1 unspecified atom stereocenters. The van der Waals surface area contributed by atoms with Gasteiger partial charge in [0.2, 0.25) is 5.91 Å². The predicted molar refractivity (Wildman–Crippen MR) is 160 cm³/mol. The number of nitrogens with one attached hydrogen (secondary N) is 1. The summed E-state index contributed by atoms with van der Waals surface area (Å²) in [6, 6.07) is 15.8. The van der Waals surface area contributed by atoms with Crippen molar-refractivity contribution in [3.8, 4) is 0 Å². The third kappa shape index (κ3) is 3.95. The molecule has 43 heavy (non-hydrogen) atoms. The summed E-state index contributed by atoms with van der Waals surface area (Å²) in [6.07, 6.45) is 5.37. The topological polar surface area (TPSA) is 103 Å². The molecule has 4 fully saturated rings. The standard InChI is InChI=1S/C35H39N3O5/c1-34(17-28(39)22-15-24-23-10-6-11-26-30(23)21(18-36-26)16-27(24)37(2)19-22)32(40)31-25(14-20-8-4-3-5-9-20)33(41)38-13-7-12-29(38)35(31,42)43-34/h3-6,8-11,18,22,24-25,27,29,31,36,42H,7,12-17,19H2,1-2H3/t22-,24-,25-,27-,29+,31?,34+,35+/m1/s1. The van der Waals surface area contributed by atoms with Gasteiger partial charge >= 0.3 is 0 Å². The maximum Gasteiger partial charge on any atom is 0.227 e. The number of carbonyl (C=O) groups excluding carboxylic acids is 3. The van der Waals surface area contributed by atoms with Crippen molar-refractivity contribution in [2.45, 2.75) is 74.8 Å². The predicted octanol–water partition coefficient (Wildman–Crippen LogP) is 3.61. The molecule has 8 heteroatoms. The fourth-order valence-electron chi connectivity index (χ4n) is 9.40. The summed E-state index contributed by atoms with van der Waals surface area (Å²) in [4.78, 5) is 49.7. The van der Waals surface area contributed by atoms with E-state index in [1.54, 1.807) is 11.8 Å². The Labute approximate surface area is 251 Å². The molecule has 5 heterocycles. The van der Waals surface area contributed by atoms with E-state index in [0.717, 1.165) is 30.3 Å². The van der Waals surface area contributed by atoms with Crippen LogP contribution in [-0.4, -0.2) is 81.0 Å². The van der Waals surface area contributed by atoms with Gasteiger partial charge in [0.05, 0.1) is 17.9 Å². The fourth-order valence-corrected chi connectivity index (χ4v) is 9.40. The number of nitrogens with zero attached hydrogens (tertiary/aromatic N) is 2. The Hall–Kier alpha value is -3.33. The van der Waals surface area contributed by atoms with E-state index in [9.17, 15) is 19.5 Å². The number of rotatable bonds is 5. The van der Waals surface area contributed by atoms with E-state index in [0.29, 0.717) is 32.0 Å². The Morgan fingerprint density at radius 3 is 2.77 bits per heavy atom. The second-order valence-electron chi connectivity index (χ2n) is 13.9. The fraction of sp³-hybridized carbons (Fsp3) is 0.514. The minimum Gasteiger partial charge on any atom is -0.363 e. The minimum atomic E-state index is -1.80. The molecule has 8 rings (SSSR count). The number of hydrogen-bond acceptors (Lipinski definition) is 6. The molecule has 224 valence electrons. The van der Waals surface area contributed by atoms with E-state index >= 15 is 0 Å². The zero-order valence-corrected chi connectivity index (χ0v) is 24.8. The van der Waals surface area contributed by atoms with E-state index in [2.05, 4.69) is 41.3 Å². The number of fused-ring (bicyclic) bond motifs is 5. The van der Waals surface area contributed by atoms with E-state index in [1.807, 2.05) is 30.3 Å². The molecule has 0 radical (unpaired) electrons. The van der Waals surface area contributed by atoms with Gasteiger partial charge < -0.3 is 24.6 Å². The van der Waals surface area contributed by atoms with Crippen molar-refractivity contribution in [2.75, 3.05) is 20.1 Å². The van der Waals surface area contributed by atoms with Crippen LogP contribution in [0.5, 0.6) is 0 Å². The highest BCUT2D eigenvalue weighted by Gasteiger charge is 2.71. The Morgan fingerprint density at radius 2 is 1.95 bits per heavy atom. The molecule has 8 atom stereocenters. The van der Waals surface area contributed by atoms with Crippen LogP contribution in [-0.2, 0) is 32.0 Å². The van der Waals surface area contributed by atoms with E-state index in [1.165, 1.54) is 16.5 Å². The average molecular weight is 582 g/mol. The molecule has 4 saturated heterocycles. The average Bonchev–Trinajstić information content (AvgIpc) is 3.70. The van der Waals surface area contributed by atoms with Crippen LogP contribution < -0.4 is 0 Å². The molecule has 2 N–H and O–H groups in total. The van der Waals surface area contributed by atoms with Crippen LogP contribution >= 0.6 is 0 Å². The van der Waals surface area contributed by atoms with E-state index in [4.69, 9.17) is 4.74 Å². The van der Waals surface area contributed by atoms with Gasteiger partial charge in [0.15, 0.2) is 11.6 Å². The van der Waals surface area contributed by atoms with Crippen molar-refractivity contribution < 1.29 is 24.2 Å². The van der Waals surface area contributed by atoms with Crippen molar-refractivity contribution in [2.24, 2.45) is 17.8 Å². The van der Waals surface area contributed by atoms with Crippen LogP contribution in [0.15, 0.2) is 54.7 Å². The number of likely N-dealkylation sites (tertiary alicyclic amines) is 1. The molecule has 2 aromatic carbocycles. The summed E-state index contributed by atoms with van der Waals surface area (Å²) in [6.45, 7) is 2.83. The quantitative estimate of drug-likeness (QED) is 0.477. The number of benzene rings is 2. The zero-order chi connectivity index (χ0) is 29.7. The van der Waals surface area contributed by atoms with Gasteiger partial charge in [-0.3, -0.25) is 14.4 Å². The molecule has 1 aromatic heterocycles. The maximum atomic E-state index is 14.3. The number of piperidine rings is 2. The lowest BCUT2D eigenvalue weighted by Crippen LogP contribution is -2.64. The first kappa shape index (κ1) is 27.2. The molecule has 8 nitrogen and oxygen atoms in total. The molecule has 3 aromatic rings. The molecule has 0 bridgehead atoms. The first-order valence-electron chi connectivity index (χ1n) is 15.8. The number of aliphatic hydroxyl groups is 1. The van der Waals surface area contributed by atoms with Crippen molar-refractivity contribution in [1.82, 2.24) is 14.8 Å². The third-order valence-corrected chi connectivity index (χ3v) is 11.4. The first-order chi connectivity index (χ1) is 20.7. The summed E-state index contributed by atoms with van der Waals surface area (Å²) >= 11 is 0. The van der Waals surface area contributed by atoms with Crippen LogP contribution in [0.2, 0.25) is 0 Å². The Balaban J connectivity index is 1.08. The van der Waals surface area contributed by atoms with E-state index < -0.39 is 29.3 Å². The lowest BCUT2D eigenvalue weighted by atomic mass is 9.69. The zero-order valence-electron chi connectivity index (χ0n) is 24.8. The van der Waals surface area contributed by atoms with Gasteiger partial charge in [-0.15, -0.1) is 0 Å². The Kier molecular flexibility index (Phi) is 6.07. The summed E-state index contributed by atoms with van der Waals surface area (Å²) in [7, 11) is 2.10. The number of hydrogen-bond donors (Lipinski definition) is 2. The molecule has 5 aliphatic rings. The normalized spacial score (nSPS) is 37.0. The maximum absolute atomic E-state index is 14.3. The van der Waals surface area contributed by atoms with Gasteiger partial charge in [0, 0.05) is 54.5 Å². The van der Waals surface area contributed by atoms with Crippen LogP contribution in [0.4, 0.5) is 0 Å². The number of amides is 1. The Bertz CT molecular complexity index is 1630. The number of ketones is 2. The number of H-pyrrole nitrogens is 1. The third-order valence-electron chi connectivity index (χ3n) is 11.4. The number of carbonyl (C=O) groups is 3. The molecule has 0 spiro atoms. The summed E-state index contributed by atoms with van der Waals surface area (Å²) < 4.78 is 6.43. The first-order valence-corrected chi connectivity index (χ1v) is 15.8. The molecule has 4 aliphatic heterocycles. The van der Waals surface area contributed by atoms with Crippen LogP contribution in [0.3, 0.4) is 0 Å². The number of aromatic amines is 1. The van der Waals surface area contributed by atoms with Crippen LogP contribution in [0.1, 0.15) is 55.2 Å². The van der Waals surface area contributed by atoms with Gasteiger partial charge in [-0.05, 0) is 68.8 Å². The van der Waals surface area contributed by atoms with Crippen LogP contribution in [0.25, 0.3) is 10.9 Å². The van der Waals surface area contributed by atoms with Crippen molar-refractivity contribution in [1.29, 1.82) is 0 Å².